The second-order valence-corrected chi connectivity index (χ2v) is 8.85. The van der Waals surface area contributed by atoms with Gasteiger partial charge >= 0.3 is 5.69 Å². The van der Waals surface area contributed by atoms with Gasteiger partial charge in [0.15, 0.2) is 16.3 Å². The molecule has 0 radical (unpaired) electrons. The van der Waals surface area contributed by atoms with Crippen molar-refractivity contribution in [3.63, 3.8) is 0 Å². The van der Waals surface area contributed by atoms with Crippen LogP contribution < -0.4 is 16.6 Å². The van der Waals surface area contributed by atoms with E-state index < -0.39 is 17.1 Å². The maximum atomic E-state index is 13.8. The lowest BCUT2D eigenvalue weighted by atomic mass is 10.1. The Kier molecular flexibility index (Phi) is 6.97. The molecule has 0 aliphatic rings. The molecule has 0 aliphatic heterocycles. The van der Waals surface area contributed by atoms with Gasteiger partial charge in [0.05, 0.1) is 5.69 Å². The molecular weight excluding hydrogens is 457 g/mol. The van der Waals surface area contributed by atoms with E-state index in [0.29, 0.717) is 29.5 Å². The number of aryl methyl sites for hydroxylation is 3. The summed E-state index contributed by atoms with van der Waals surface area (Å²) in [5.41, 5.74) is 0.998. The summed E-state index contributed by atoms with van der Waals surface area (Å²) >= 11 is 1.31. The number of anilines is 1. The summed E-state index contributed by atoms with van der Waals surface area (Å²) in [6.45, 7) is 0.505. The summed E-state index contributed by atoms with van der Waals surface area (Å²) in [6, 6.07) is 15.9. The van der Waals surface area contributed by atoms with Gasteiger partial charge in [-0.05, 0) is 24.1 Å². The second kappa shape index (κ2) is 10.1. The van der Waals surface area contributed by atoms with Gasteiger partial charge in [0.25, 0.3) is 5.56 Å². The number of thioether (sulfide) groups is 1. The number of hydrogen-bond donors (Lipinski definition) is 1. The average molecular weight is 482 g/mol. The zero-order chi connectivity index (χ0) is 24.2. The zero-order valence-corrected chi connectivity index (χ0v) is 19.6. The van der Waals surface area contributed by atoms with E-state index >= 15 is 0 Å². The standard InChI is InChI=1S/C24H24FN5O3S/c1-28-21-20(22(32)29(2)24(28)33)27-23(30(21)14-12-16-8-4-3-5-9-16)34-15-13-19(31)26-18-11-7-6-10-17(18)25/h3-11H,12-15H2,1-2H3,(H,26,31). The van der Waals surface area contributed by atoms with Crippen molar-refractivity contribution in [2.45, 2.75) is 24.5 Å². The molecule has 34 heavy (non-hydrogen) atoms. The molecule has 0 saturated heterocycles. The van der Waals surface area contributed by atoms with Crippen LogP contribution in [0.25, 0.3) is 11.2 Å². The topological polar surface area (TPSA) is 90.9 Å². The molecule has 2 aromatic heterocycles. The van der Waals surface area contributed by atoms with Gasteiger partial charge in [-0.25, -0.2) is 14.2 Å². The fraction of sp³-hybridized carbons (Fsp3) is 0.250. The van der Waals surface area contributed by atoms with Gasteiger partial charge in [-0.2, -0.15) is 0 Å². The van der Waals surface area contributed by atoms with Crippen LogP contribution in [-0.4, -0.2) is 30.3 Å². The normalized spacial score (nSPS) is 11.1. The molecule has 1 N–H and O–H groups in total. The number of fused-ring (bicyclic) bond motifs is 1. The highest BCUT2D eigenvalue weighted by atomic mass is 32.2. The summed E-state index contributed by atoms with van der Waals surface area (Å²) in [5, 5.41) is 3.11. The van der Waals surface area contributed by atoms with Crippen LogP contribution in [0.1, 0.15) is 12.0 Å². The van der Waals surface area contributed by atoms with Crippen LogP contribution in [-0.2, 0) is 31.9 Å². The smallest absolute Gasteiger partial charge is 0.324 e. The molecule has 1 amide bonds. The first-order valence-electron chi connectivity index (χ1n) is 10.7. The lowest BCUT2D eigenvalue weighted by Crippen LogP contribution is -2.37. The van der Waals surface area contributed by atoms with Crippen LogP contribution in [0.15, 0.2) is 69.3 Å². The fourth-order valence-electron chi connectivity index (χ4n) is 3.68. The molecule has 0 aliphatic carbocycles. The molecule has 4 rings (SSSR count). The number of hydrogen-bond acceptors (Lipinski definition) is 5. The predicted octanol–water partition coefficient (Wildman–Crippen LogP) is 2.94. The Morgan fingerprint density at radius 1 is 1.03 bits per heavy atom. The molecule has 0 spiro atoms. The average Bonchev–Trinajstić information content (AvgIpc) is 3.20. The van der Waals surface area contributed by atoms with Crippen molar-refractivity contribution in [1.29, 1.82) is 0 Å². The summed E-state index contributed by atoms with van der Waals surface area (Å²) in [4.78, 5) is 42.1. The number of halogens is 1. The molecule has 0 atom stereocenters. The number of aromatic nitrogens is 4. The number of nitrogens with one attached hydrogen (secondary N) is 1. The van der Waals surface area contributed by atoms with E-state index in [1.807, 2.05) is 34.9 Å². The quantitative estimate of drug-likeness (QED) is 0.391. The number of imidazole rings is 1. The zero-order valence-electron chi connectivity index (χ0n) is 18.8. The lowest BCUT2D eigenvalue weighted by Gasteiger charge is -2.11. The van der Waals surface area contributed by atoms with Crippen molar-refractivity contribution < 1.29 is 9.18 Å². The molecule has 176 valence electrons. The van der Waals surface area contributed by atoms with Crippen molar-refractivity contribution in [1.82, 2.24) is 18.7 Å². The monoisotopic (exact) mass is 481 g/mol. The van der Waals surface area contributed by atoms with Gasteiger partial charge in [0.1, 0.15) is 5.82 Å². The number of amides is 1. The minimum Gasteiger partial charge on any atom is -0.324 e. The van der Waals surface area contributed by atoms with Crippen LogP contribution in [0, 0.1) is 5.82 Å². The molecule has 0 bridgehead atoms. The molecule has 8 nitrogen and oxygen atoms in total. The molecule has 4 aromatic rings. The van der Waals surface area contributed by atoms with Gasteiger partial charge in [-0.15, -0.1) is 0 Å². The van der Waals surface area contributed by atoms with Crippen molar-refractivity contribution in [2.24, 2.45) is 14.1 Å². The molecular formula is C24H24FN5O3S. The molecule has 10 heteroatoms. The Hall–Kier alpha value is -3.66. The summed E-state index contributed by atoms with van der Waals surface area (Å²) < 4.78 is 18.1. The SMILES string of the molecule is Cn1c(=O)c2nc(SCCC(=O)Nc3ccccc3F)n(CCc3ccccc3)c2n(C)c1=O. The van der Waals surface area contributed by atoms with E-state index in [9.17, 15) is 18.8 Å². The number of carbonyl (C=O) groups excluding carboxylic acids is 1. The predicted molar refractivity (Wildman–Crippen MR) is 131 cm³/mol. The number of rotatable bonds is 8. The largest absolute Gasteiger partial charge is 0.332 e. The maximum Gasteiger partial charge on any atom is 0.332 e. The molecule has 2 aromatic carbocycles. The Balaban J connectivity index is 1.58. The van der Waals surface area contributed by atoms with Gasteiger partial charge in [-0.3, -0.25) is 18.7 Å². The van der Waals surface area contributed by atoms with Crippen LogP contribution in [0.2, 0.25) is 0 Å². The second-order valence-electron chi connectivity index (χ2n) is 7.79. The van der Waals surface area contributed by atoms with E-state index in [0.717, 1.165) is 10.1 Å². The maximum absolute atomic E-state index is 13.8. The third-order valence-electron chi connectivity index (χ3n) is 5.48. The summed E-state index contributed by atoms with van der Waals surface area (Å²) in [5.74, 6) is -0.459. The highest BCUT2D eigenvalue weighted by Gasteiger charge is 2.19. The third-order valence-corrected chi connectivity index (χ3v) is 6.46. The fourth-order valence-corrected chi connectivity index (χ4v) is 4.64. The highest BCUT2D eigenvalue weighted by Crippen LogP contribution is 2.23. The van der Waals surface area contributed by atoms with Gasteiger partial charge in [0.2, 0.25) is 5.91 Å². The van der Waals surface area contributed by atoms with E-state index in [4.69, 9.17) is 0 Å². The third kappa shape index (κ3) is 4.81. The number of para-hydroxylation sites is 1. The van der Waals surface area contributed by atoms with E-state index in [1.165, 1.54) is 35.5 Å². The Morgan fingerprint density at radius 3 is 2.47 bits per heavy atom. The number of nitrogens with zero attached hydrogens (tertiary/aromatic N) is 4. The van der Waals surface area contributed by atoms with E-state index in [2.05, 4.69) is 10.3 Å². The first-order valence-corrected chi connectivity index (χ1v) is 11.7. The molecule has 0 saturated carbocycles. The van der Waals surface area contributed by atoms with Crippen LogP contribution in [0.3, 0.4) is 0 Å². The highest BCUT2D eigenvalue weighted by molar-refractivity contribution is 7.99. The van der Waals surface area contributed by atoms with Crippen LogP contribution in [0.4, 0.5) is 10.1 Å². The van der Waals surface area contributed by atoms with Gasteiger partial charge < -0.3 is 9.88 Å². The van der Waals surface area contributed by atoms with Gasteiger partial charge in [-0.1, -0.05) is 54.2 Å². The number of carbonyl (C=O) groups is 1. The van der Waals surface area contributed by atoms with Crippen LogP contribution in [0.5, 0.6) is 0 Å². The molecule has 0 fully saturated rings. The van der Waals surface area contributed by atoms with Crippen molar-refractivity contribution in [3.8, 4) is 0 Å². The summed E-state index contributed by atoms with van der Waals surface area (Å²) in [7, 11) is 3.04. The first-order chi connectivity index (χ1) is 16.4. The van der Waals surface area contributed by atoms with Crippen molar-refractivity contribution >= 4 is 34.5 Å². The van der Waals surface area contributed by atoms with Crippen molar-refractivity contribution in [3.05, 3.63) is 86.8 Å². The Labute approximate surface area is 199 Å². The van der Waals surface area contributed by atoms with E-state index in [1.54, 1.807) is 19.2 Å². The van der Waals surface area contributed by atoms with E-state index in [-0.39, 0.29) is 23.5 Å². The summed E-state index contributed by atoms with van der Waals surface area (Å²) in [6.07, 6.45) is 0.800. The minimum absolute atomic E-state index is 0.123. The van der Waals surface area contributed by atoms with Crippen molar-refractivity contribution in [2.75, 3.05) is 11.1 Å². The van der Waals surface area contributed by atoms with Crippen LogP contribution >= 0.6 is 11.8 Å². The molecule has 2 heterocycles. The number of benzene rings is 2. The Morgan fingerprint density at radius 2 is 1.74 bits per heavy atom. The lowest BCUT2D eigenvalue weighted by molar-refractivity contribution is -0.115. The van der Waals surface area contributed by atoms with Gasteiger partial charge in [0, 0.05) is 32.8 Å². The minimum atomic E-state index is -0.497. The Bertz CT molecular complexity index is 1460. The first kappa shape index (κ1) is 23.5. The molecule has 0 unspecified atom stereocenters.